The fourth-order valence-corrected chi connectivity index (χ4v) is 1.71. The van der Waals surface area contributed by atoms with Crippen LogP contribution in [0.4, 0.5) is 0 Å². The summed E-state index contributed by atoms with van der Waals surface area (Å²) >= 11 is 0. The SMILES string of the molecule is C=CCN1CCCN(CC)CC1. The number of hydrogen-bond donors (Lipinski definition) is 0. The Morgan fingerprint density at radius 2 is 1.83 bits per heavy atom. The molecule has 0 atom stereocenters. The van der Waals surface area contributed by atoms with Crippen molar-refractivity contribution >= 4 is 0 Å². The van der Waals surface area contributed by atoms with Crippen molar-refractivity contribution in [1.29, 1.82) is 0 Å². The van der Waals surface area contributed by atoms with Crippen LogP contribution < -0.4 is 0 Å². The van der Waals surface area contributed by atoms with Crippen LogP contribution in [0.1, 0.15) is 13.3 Å². The molecule has 0 radical (unpaired) electrons. The van der Waals surface area contributed by atoms with Crippen LogP contribution in [0.2, 0.25) is 0 Å². The van der Waals surface area contributed by atoms with Gasteiger partial charge in [0.15, 0.2) is 0 Å². The minimum Gasteiger partial charge on any atom is -0.302 e. The molecule has 0 saturated carbocycles. The summed E-state index contributed by atoms with van der Waals surface area (Å²) in [5, 5.41) is 0. The fourth-order valence-electron chi connectivity index (χ4n) is 1.71. The van der Waals surface area contributed by atoms with Crippen LogP contribution in [-0.2, 0) is 0 Å². The third kappa shape index (κ3) is 2.95. The van der Waals surface area contributed by atoms with E-state index in [-0.39, 0.29) is 0 Å². The predicted molar refractivity (Wildman–Crippen MR) is 53.4 cm³/mol. The molecule has 1 saturated heterocycles. The predicted octanol–water partition coefficient (Wildman–Crippen LogP) is 1.20. The molecule has 0 N–H and O–H groups in total. The van der Waals surface area contributed by atoms with Crippen LogP contribution in [0.25, 0.3) is 0 Å². The Morgan fingerprint density at radius 1 is 1.17 bits per heavy atom. The summed E-state index contributed by atoms with van der Waals surface area (Å²) in [6.45, 7) is 13.2. The minimum atomic E-state index is 1.05. The molecule has 0 aromatic rings. The molecule has 0 aromatic heterocycles. The lowest BCUT2D eigenvalue weighted by Crippen LogP contribution is -2.30. The average molecular weight is 168 g/mol. The number of hydrogen-bond acceptors (Lipinski definition) is 2. The monoisotopic (exact) mass is 168 g/mol. The van der Waals surface area contributed by atoms with Gasteiger partial charge in [0.1, 0.15) is 0 Å². The molecule has 1 fully saturated rings. The number of rotatable bonds is 3. The normalized spacial score (nSPS) is 22.1. The lowest BCUT2D eigenvalue weighted by molar-refractivity contribution is 0.278. The molecular formula is C10H20N2. The van der Waals surface area contributed by atoms with E-state index in [4.69, 9.17) is 0 Å². The smallest absolute Gasteiger partial charge is 0.0161 e. The van der Waals surface area contributed by atoms with Crippen LogP contribution in [-0.4, -0.2) is 49.1 Å². The Kier molecular flexibility index (Phi) is 4.33. The van der Waals surface area contributed by atoms with Crippen molar-refractivity contribution in [3.05, 3.63) is 12.7 Å². The maximum atomic E-state index is 3.77. The second kappa shape index (κ2) is 5.33. The van der Waals surface area contributed by atoms with Crippen LogP contribution in [0.15, 0.2) is 12.7 Å². The van der Waals surface area contributed by atoms with Gasteiger partial charge in [-0.05, 0) is 26.1 Å². The molecule has 1 rings (SSSR count). The molecule has 2 nitrogen and oxygen atoms in total. The van der Waals surface area contributed by atoms with E-state index in [0.29, 0.717) is 0 Å². The largest absolute Gasteiger partial charge is 0.302 e. The molecule has 1 aliphatic heterocycles. The topological polar surface area (TPSA) is 6.48 Å². The highest BCUT2D eigenvalue weighted by atomic mass is 15.2. The Bertz CT molecular complexity index is 134. The van der Waals surface area contributed by atoms with E-state index in [1.54, 1.807) is 0 Å². The molecule has 0 unspecified atom stereocenters. The van der Waals surface area contributed by atoms with Crippen molar-refractivity contribution in [2.45, 2.75) is 13.3 Å². The maximum Gasteiger partial charge on any atom is 0.0161 e. The van der Waals surface area contributed by atoms with E-state index in [1.807, 2.05) is 6.08 Å². The van der Waals surface area contributed by atoms with Crippen molar-refractivity contribution in [3.63, 3.8) is 0 Å². The third-order valence-corrected chi connectivity index (χ3v) is 2.52. The van der Waals surface area contributed by atoms with Gasteiger partial charge in [-0.15, -0.1) is 6.58 Å². The second-order valence-corrected chi connectivity index (χ2v) is 3.38. The zero-order valence-electron chi connectivity index (χ0n) is 8.13. The van der Waals surface area contributed by atoms with Gasteiger partial charge in [0.05, 0.1) is 0 Å². The Morgan fingerprint density at radius 3 is 2.50 bits per heavy atom. The Labute approximate surface area is 75.8 Å². The Balaban J connectivity index is 2.28. The van der Waals surface area contributed by atoms with Crippen molar-refractivity contribution in [1.82, 2.24) is 9.80 Å². The van der Waals surface area contributed by atoms with Gasteiger partial charge in [-0.1, -0.05) is 13.0 Å². The molecule has 0 aliphatic carbocycles. The first-order valence-electron chi connectivity index (χ1n) is 4.92. The Hall–Kier alpha value is -0.340. The minimum absolute atomic E-state index is 1.05. The van der Waals surface area contributed by atoms with Gasteiger partial charge in [-0.25, -0.2) is 0 Å². The highest BCUT2D eigenvalue weighted by Crippen LogP contribution is 2.01. The fraction of sp³-hybridized carbons (Fsp3) is 0.800. The highest BCUT2D eigenvalue weighted by Gasteiger charge is 2.11. The molecule has 0 spiro atoms. The molecule has 2 heteroatoms. The first-order chi connectivity index (χ1) is 5.86. The van der Waals surface area contributed by atoms with Gasteiger partial charge in [-0.3, -0.25) is 4.90 Å². The van der Waals surface area contributed by atoms with Crippen LogP contribution in [0, 0.1) is 0 Å². The van der Waals surface area contributed by atoms with E-state index in [0.717, 1.165) is 6.54 Å². The summed E-state index contributed by atoms with van der Waals surface area (Å²) in [7, 11) is 0. The molecular weight excluding hydrogens is 148 g/mol. The lowest BCUT2D eigenvalue weighted by atomic mass is 10.4. The summed E-state index contributed by atoms with van der Waals surface area (Å²) < 4.78 is 0. The molecule has 0 aromatic carbocycles. The van der Waals surface area contributed by atoms with Gasteiger partial charge in [-0.2, -0.15) is 0 Å². The molecule has 70 valence electrons. The molecule has 12 heavy (non-hydrogen) atoms. The van der Waals surface area contributed by atoms with Gasteiger partial charge in [0, 0.05) is 19.6 Å². The lowest BCUT2D eigenvalue weighted by Gasteiger charge is -2.18. The van der Waals surface area contributed by atoms with Crippen LogP contribution >= 0.6 is 0 Å². The summed E-state index contributed by atoms with van der Waals surface area (Å²) in [4.78, 5) is 4.99. The summed E-state index contributed by atoms with van der Waals surface area (Å²) in [5.41, 5.74) is 0. The first-order valence-corrected chi connectivity index (χ1v) is 4.92. The van der Waals surface area contributed by atoms with E-state index in [1.165, 1.54) is 39.1 Å². The van der Waals surface area contributed by atoms with E-state index >= 15 is 0 Å². The molecule has 1 aliphatic rings. The standard InChI is InChI=1S/C10H20N2/c1-3-6-12-8-5-7-11(4-2)9-10-12/h3H,1,4-10H2,2H3. The van der Waals surface area contributed by atoms with Crippen LogP contribution in [0.3, 0.4) is 0 Å². The van der Waals surface area contributed by atoms with Crippen molar-refractivity contribution in [2.75, 3.05) is 39.3 Å². The zero-order chi connectivity index (χ0) is 8.81. The van der Waals surface area contributed by atoms with Gasteiger partial charge in [0.2, 0.25) is 0 Å². The summed E-state index contributed by atoms with van der Waals surface area (Å²) in [5.74, 6) is 0. The zero-order valence-corrected chi connectivity index (χ0v) is 8.13. The van der Waals surface area contributed by atoms with E-state index in [2.05, 4.69) is 23.3 Å². The van der Waals surface area contributed by atoms with Crippen molar-refractivity contribution in [3.8, 4) is 0 Å². The summed E-state index contributed by atoms with van der Waals surface area (Å²) in [6, 6.07) is 0. The quantitative estimate of drug-likeness (QED) is 0.584. The van der Waals surface area contributed by atoms with Crippen molar-refractivity contribution in [2.24, 2.45) is 0 Å². The molecule has 0 amide bonds. The van der Waals surface area contributed by atoms with Gasteiger partial charge in [0.25, 0.3) is 0 Å². The van der Waals surface area contributed by atoms with E-state index in [9.17, 15) is 0 Å². The maximum absolute atomic E-state index is 3.77. The van der Waals surface area contributed by atoms with Crippen LogP contribution in [0.5, 0.6) is 0 Å². The van der Waals surface area contributed by atoms with Gasteiger partial charge < -0.3 is 4.90 Å². The molecule has 1 heterocycles. The number of likely N-dealkylation sites (N-methyl/N-ethyl adjacent to an activating group) is 1. The van der Waals surface area contributed by atoms with Gasteiger partial charge >= 0.3 is 0 Å². The second-order valence-electron chi connectivity index (χ2n) is 3.38. The molecule has 0 bridgehead atoms. The highest BCUT2D eigenvalue weighted by molar-refractivity contribution is 4.76. The average Bonchev–Trinajstić information content (AvgIpc) is 2.31. The number of nitrogens with zero attached hydrogens (tertiary/aromatic N) is 2. The first kappa shape index (κ1) is 9.75. The third-order valence-electron chi connectivity index (χ3n) is 2.52. The van der Waals surface area contributed by atoms with E-state index < -0.39 is 0 Å². The summed E-state index contributed by atoms with van der Waals surface area (Å²) in [6.07, 6.45) is 3.31. The van der Waals surface area contributed by atoms with Crippen molar-refractivity contribution < 1.29 is 0 Å².